The molecule has 2 aromatic rings. The molecule has 0 aliphatic heterocycles. The van der Waals surface area contributed by atoms with E-state index in [1.165, 1.54) is 25.1 Å². The number of rotatable bonds is 6. The maximum Gasteiger partial charge on any atom is 0.250 e. The number of benzene rings is 2. The van der Waals surface area contributed by atoms with E-state index in [9.17, 15) is 18.0 Å². The minimum atomic E-state index is -3.79. The van der Waals surface area contributed by atoms with Crippen molar-refractivity contribution >= 4 is 44.8 Å². The van der Waals surface area contributed by atoms with Gasteiger partial charge in [0, 0.05) is 5.02 Å². The van der Waals surface area contributed by atoms with E-state index in [0.29, 0.717) is 5.02 Å². The predicted octanol–water partition coefficient (Wildman–Crippen LogP) is 2.54. The van der Waals surface area contributed by atoms with E-state index < -0.39 is 27.9 Å². The molecule has 27 heavy (non-hydrogen) atoms. The molecule has 0 fully saturated rings. The summed E-state index contributed by atoms with van der Waals surface area (Å²) in [5, 5.41) is 2.94. The van der Waals surface area contributed by atoms with Crippen LogP contribution < -0.4 is 15.4 Å². The summed E-state index contributed by atoms with van der Waals surface area (Å²) in [6.07, 6.45) is 1.00. The van der Waals surface area contributed by atoms with Gasteiger partial charge in [-0.3, -0.25) is 13.9 Å². The van der Waals surface area contributed by atoms with Crippen LogP contribution in [0.15, 0.2) is 42.5 Å². The summed E-state index contributed by atoms with van der Waals surface area (Å²) in [6.45, 7) is 3.23. The summed E-state index contributed by atoms with van der Waals surface area (Å²) in [6, 6.07) is 9.84. The Morgan fingerprint density at radius 1 is 1.19 bits per heavy atom. The summed E-state index contributed by atoms with van der Waals surface area (Å²) in [5.41, 5.74) is 6.68. The van der Waals surface area contributed by atoms with Crippen LogP contribution >= 0.6 is 11.6 Å². The van der Waals surface area contributed by atoms with Crippen LogP contribution in [0.4, 0.5) is 11.4 Å². The number of nitrogens with two attached hydrogens (primary N) is 1. The Morgan fingerprint density at radius 3 is 2.37 bits per heavy atom. The first-order valence-electron chi connectivity index (χ1n) is 7.97. The van der Waals surface area contributed by atoms with Gasteiger partial charge >= 0.3 is 0 Å². The average molecular weight is 410 g/mol. The molecular weight excluding hydrogens is 390 g/mol. The van der Waals surface area contributed by atoms with Crippen molar-refractivity contribution in [3.8, 4) is 0 Å². The monoisotopic (exact) mass is 409 g/mol. The van der Waals surface area contributed by atoms with Gasteiger partial charge in [0.1, 0.15) is 6.04 Å². The van der Waals surface area contributed by atoms with Gasteiger partial charge in [-0.2, -0.15) is 0 Å². The molecule has 0 unspecified atom stereocenters. The molecule has 2 amide bonds. The molecule has 0 radical (unpaired) electrons. The van der Waals surface area contributed by atoms with Gasteiger partial charge in [-0.25, -0.2) is 8.42 Å². The first kappa shape index (κ1) is 20.7. The highest BCUT2D eigenvalue weighted by Gasteiger charge is 2.30. The molecule has 0 bridgehead atoms. The minimum absolute atomic E-state index is 0.127. The molecule has 9 heteroatoms. The highest BCUT2D eigenvalue weighted by Crippen LogP contribution is 2.27. The number of anilines is 2. The lowest BCUT2D eigenvalue weighted by molar-refractivity contribution is -0.116. The number of hydrogen-bond acceptors (Lipinski definition) is 4. The molecule has 1 atom stereocenters. The van der Waals surface area contributed by atoms with E-state index in [-0.39, 0.29) is 16.9 Å². The Hall–Kier alpha value is -2.58. The molecule has 144 valence electrons. The van der Waals surface area contributed by atoms with E-state index in [1.54, 1.807) is 31.2 Å². The Balaban J connectivity index is 2.39. The second kappa shape index (κ2) is 7.98. The zero-order chi connectivity index (χ0) is 20.4. The first-order chi connectivity index (χ1) is 12.5. The normalized spacial score (nSPS) is 12.3. The largest absolute Gasteiger partial charge is 0.366 e. The maximum absolute atomic E-state index is 12.7. The summed E-state index contributed by atoms with van der Waals surface area (Å²) >= 11 is 6.10. The number of hydrogen-bond donors (Lipinski definition) is 2. The van der Waals surface area contributed by atoms with Crippen LogP contribution in [0.25, 0.3) is 0 Å². The molecule has 0 heterocycles. The molecule has 0 aliphatic rings. The van der Waals surface area contributed by atoms with Gasteiger partial charge in [0.05, 0.1) is 23.2 Å². The smallest absolute Gasteiger partial charge is 0.250 e. The number of nitrogens with zero attached hydrogens (tertiary/aromatic N) is 1. The number of carbonyl (C=O) groups excluding carboxylic acids is 2. The van der Waals surface area contributed by atoms with Crippen molar-refractivity contribution in [2.24, 2.45) is 5.73 Å². The zero-order valence-corrected chi connectivity index (χ0v) is 16.6. The number of amides is 2. The number of primary amides is 1. The van der Waals surface area contributed by atoms with Crippen molar-refractivity contribution in [2.45, 2.75) is 19.9 Å². The second-order valence-electron chi connectivity index (χ2n) is 6.07. The molecule has 3 N–H and O–H groups in total. The van der Waals surface area contributed by atoms with Crippen LogP contribution in [0.1, 0.15) is 22.8 Å². The molecule has 0 aliphatic carbocycles. The van der Waals surface area contributed by atoms with Crippen LogP contribution in [-0.2, 0) is 14.8 Å². The molecular formula is C18H20ClN3O4S. The molecule has 0 saturated carbocycles. The quantitative estimate of drug-likeness (QED) is 0.763. The second-order valence-corrected chi connectivity index (χ2v) is 8.33. The van der Waals surface area contributed by atoms with Gasteiger partial charge in [0.25, 0.3) is 5.91 Å². The molecule has 2 aromatic carbocycles. The van der Waals surface area contributed by atoms with Gasteiger partial charge < -0.3 is 11.1 Å². The van der Waals surface area contributed by atoms with Crippen molar-refractivity contribution in [1.82, 2.24) is 0 Å². The minimum Gasteiger partial charge on any atom is -0.366 e. The number of nitrogens with one attached hydrogen (secondary N) is 1. The van der Waals surface area contributed by atoms with Gasteiger partial charge in [-0.05, 0) is 43.7 Å². The Morgan fingerprint density at radius 2 is 1.81 bits per heavy atom. The summed E-state index contributed by atoms with van der Waals surface area (Å²) in [7, 11) is -3.79. The average Bonchev–Trinajstić information content (AvgIpc) is 2.57. The predicted molar refractivity (Wildman–Crippen MR) is 107 cm³/mol. The van der Waals surface area contributed by atoms with Gasteiger partial charge in [0.2, 0.25) is 15.9 Å². The lowest BCUT2D eigenvalue weighted by Crippen LogP contribution is -2.45. The Labute approximate surface area is 163 Å². The SMILES string of the molecule is Cc1ccc(N([C@@H](C)C(=O)Nc2ccccc2C(N)=O)S(C)(=O)=O)cc1Cl. The molecule has 0 spiro atoms. The standard InChI is InChI=1S/C18H20ClN3O4S/c1-11-8-9-13(10-15(11)19)22(27(3,25)26)12(2)18(24)21-16-7-5-4-6-14(16)17(20)23/h4-10,12H,1-3H3,(H2,20,23)(H,21,24)/t12-/m0/s1. The maximum atomic E-state index is 12.7. The van der Waals surface area contributed by atoms with Crippen LogP contribution in [0.3, 0.4) is 0 Å². The molecule has 7 nitrogen and oxygen atoms in total. The van der Waals surface area contributed by atoms with E-state index in [0.717, 1.165) is 16.1 Å². The fraction of sp³-hybridized carbons (Fsp3) is 0.222. The van der Waals surface area contributed by atoms with E-state index in [1.807, 2.05) is 0 Å². The summed E-state index contributed by atoms with van der Waals surface area (Å²) in [5.74, 6) is -1.32. The summed E-state index contributed by atoms with van der Waals surface area (Å²) < 4.78 is 25.6. The van der Waals surface area contributed by atoms with E-state index in [4.69, 9.17) is 17.3 Å². The van der Waals surface area contributed by atoms with E-state index in [2.05, 4.69) is 5.32 Å². The molecule has 0 aromatic heterocycles. The van der Waals surface area contributed by atoms with Crippen molar-refractivity contribution in [3.63, 3.8) is 0 Å². The van der Waals surface area contributed by atoms with Gasteiger partial charge in [-0.15, -0.1) is 0 Å². The van der Waals surface area contributed by atoms with Crippen molar-refractivity contribution in [3.05, 3.63) is 58.6 Å². The third kappa shape index (κ3) is 4.78. The fourth-order valence-corrected chi connectivity index (χ4v) is 3.91. The zero-order valence-electron chi connectivity index (χ0n) is 15.1. The highest BCUT2D eigenvalue weighted by molar-refractivity contribution is 7.92. The lowest BCUT2D eigenvalue weighted by Gasteiger charge is -2.28. The number of sulfonamides is 1. The molecule has 0 saturated heterocycles. The third-order valence-electron chi connectivity index (χ3n) is 3.95. The number of carbonyl (C=O) groups is 2. The van der Waals surface area contributed by atoms with Crippen molar-refractivity contribution < 1.29 is 18.0 Å². The van der Waals surface area contributed by atoms with Crippen molar-refractivity contribution in [1.29, 1.82) is 0 Å². The number of aryl methyl sites for hydroxylation is 1. The Kier molecular flexibility index (Phi) is 6.12. The first-order valence-corrected chi connectivity index (χ1v) is 10.2. The van der Waals surface area contributed by atoms with Gasteiger partial charge in [-0.1, -0.05) is 29.8 Å². The summed E-state index contributed by atoms with van der Waals surface area (Å²) in [4.78, 5) is 24.2. The van der Waals surface area contributed by atoms with Gasteiger partial charge in [0.15, 0.2) is 0 Å². The van der Waals surface area contributed by atoms with E-state index >= 15 is 0 Å². The van der Waals surface area contributed by atoms with Crippen LogP contribution in [0.2, 0.25) is 5.02 Å². The van der Waals surface area contributed by atoms with Crippen molar-refractivity contribution in [2.75, 3.05) is 15.9 Å². The van der Waals surface area contributed by atoms with Crippen LogP contribution in [0.5, 0.6) is 0 Å². The van der Waals surface area contributed by atoms with Crippen LogP contribution in [0, 0.1) is 6.92 Å². The lowest BCUT2D eigenvalue weighted by atomic mass is 10.1. The van der Waals surface area contributed by atoms with Crippen LogP contribution in [-0.4, -0.2) is 32.5 Å². The fourth-order valence-electron chi connectivity index (χ4n) is 2.57. The number of para-hydroxylation sites is 1. The highest BCUT2D eigenvalue weighted by atomic mass is 35.5. The number of halogens is 1. The third-order valence-corrected chi connectivity index (χ3v) is 5.60. The Bertz CT molecular complexity index is 992. The topological polar surface area (TPSA) is 110 Å². The molecule has 2 rings (SSSR count).